The van der Waals surface area contributed by atoms with Crippen molar-refractivity contribution >= 4 is 5.97 Å². The fourth-order valence-corrected chi connectivity index (χ4v) is 2.64. The molecule has 0 radical (unpaired) electrons. The monoisotopic (exact) mass is 256 g/mol. The van der Waals surface area contributed by atoms with Gasteiger partial charge in [-0.05, 0) is 52.2 Å². The van der Waals surface area contributed by atoms with Crippen molar-refractivity contribution in [1.29, 1.82) is 0 Å². The largest absolute Gasteiger partial charge is 0.465 e. The summed E-state index contributed by atoms with van der Waals surface area (Å²) in [4.78, 5) is 14.1. The van der Waals surface area contributed by atoms with E-state index in [0.717, 1.165) is 32.5 Å². The van der Waals surface area contributed by atoms with Gasteiger partial charge in [0.2, 0.25) is 0 Å². The zero-order chi connectivity index (χ0) is 13.4. The summed E-state index contributed by atoms with van der Waals surface area (Å²) in [5.74, 6) is 0.600. The van der Waals surface area contributed by atoms with Crippen molar-refractivity contribution in [2.75, 3.05) is 33.3 Å². The lowest BCUT2D eigenvalue weighted by molar-refractivity contribution is -0.149. The first-order valence-electron chi connectivity index (χ1n) is 7.26. The zero-order valence-corrected chi connectivity index (χ0v) is 12.1. The molecule has 0 aromatic heterocycles. The van der Waals surface area contributed by atoms with E-state index in [1.54, 1.807) is 0 Å². The van der Waals surface area contributed by atoms with Crippen molar-refractivity contribution in [2.45, 2.75) is 45.6 Å². The van der Waals surface area contributed by atoms with Crippen LogP contribution in [0.4, 0.5) is 0 Å². The lowest BCUT2D eigenvalue weighted by atomic mass is 9.98. The van der Waals surface area contributed by atoms with Gasteiger partial charge in [-0.1, -0.05) is 13.3 Å². The Labute approximate surface area is 111 Å². The van der Waals surface area contributed by atoms with Crippen LogP contribution < -0.4 is 5.32 Å². The molecule has 0 aliphatic carbocycles. The van der Waals surface area contributed by atoms with E-state index in [-0.39, 0.29) is 12.0 Å². The van der Waals surface area contributed by atoms with E-state index in [1.807, 2.05) is 14.0 Å². The van der Waals surface area contributed by atoms with Crippen LogP contribution in [0.25, 0.3) is 0 Å². The second-order valence-electron chi connectivity index (χ2n) is 5.21. The highest BCUT2D eigenvalue weighted by molar-refractivity contribution is 5.75. The highest BCUT2D eigenvalue weighted by Gasteiger charge is 2.26. The molecule has 0 amide bonds. The highest BCUT2D eigenvalue weighted by Crippen LogP contribution is 2.15. The van der Waals surface area contributed by atoms with Crippen LogP contribution >= 0.6 is 0 Å². The maximum atomic E-state index is 11.9. The average Bonchev–Trinajstić information content (AvgIpc) is 2.37. The Morgan fingerprint density at radius 2 is 2.28 bits per heavy atom. The Hall–Kier alpha value is -0.610. The lowest BCUT2D eigenvalue weighted by Crippen LogP contribution is -2.44. The van der Waals surface area contributed by atoms with Gasteiger partial charge in [-0.2, -0.15) is 0 Å². The summed E-state index contributed by atoms with van der Waals surface area (Å²) in [5, 5.41) is 3.42. The lowest BCUT2D eigenvalue weighted by Gasteiger charge is -2.31. The number of esters is 1. The molecule has 0 aromatic carbocycles. The molecule has 1 fully saturated rings. The van der Waals surface area contributed by atoms with Crippen LogP contribution in [0.15, 0.2) is 0 Å². The molecule has 2 atom stereocenters. The Morgan fingerprint density at radius 3 is 2.83 bits per heavy atom. The van der Waals surface area contributed by atoms with Crippen molar-refractivity contribution in [3.05, 3.63) is 0 Å². The number of ether oxygens (including phenoxy) is 1. The van der Waals surface area contributed by atoms with Crippen molar-refractivity contribution in [3.8, 4) is 0 Å². The van der Waals surface area contributed by atoms with Gasteiger partial charge < -0.3 is 10.1 Å². The SMILES string of the molecule is CCCC(C(=O)OCC)N(C)CC1CCCNC1. The maximum absolute atomic E-state index is 11.9. The van der Waals surface area contributed by atoms with Crippen LogP contribution in [0.3, 0.4) is 0 Å². The second kappa shape index (κ2) is 8.48. The van der Waals surface area contributed by atoms with Gasteiger partial charge in [-0.3, -0.25) is 9.69 Å². The Balaban J connectivity index is 2.46. The minimum absolute atomic E-state index is 0.0642. The molecule has 0 saturated carbocycles. The first-order valence-corrected chi connectivity index (χ1v) is 7.26. The molecule has 1 N–H and O–H groups in total. The van der Waals surface area contributed by atoms with Crippen molar-refractivity contribution in [3.63, 3.8) is 0 Å². The topological polar surface area (TPSA) is 41.6 Å². The van der Waals surface area contributed by atoms with E-state index in [4.69, 9.17) is 4.74 Å². The Kier molecular flexibility index (Phi) is 7.28. The molecule has 1 heterocycles. The molecule has 1 saturated heterocycles. The third kappa shape index (κ3) is 4.94. The summed E-state index contributed by atoms with van der Waals surface area (Å²) in [6, 6.07) is -0.0723. The van der Waals surface area contributed by atoms with E-state index < -0.39 is 0 Å². The van der Waals surface area contributed by atoms with Crippen LogP contribution in [0.2, 0.25) is 0 Å². The number of carbonyl (C=O) groups excluding carboxylic acids is 1. The Bertz CT molecular complexity index is 240. The summed E-state index contributed by atoms with van der Waals surface area (Å²) in [7, 11) is 2.05. The summed E-state index contributed by atoms with van der Waals surface area (Å²) in [6.45, 7) is 7.64. The predicted molar refractivity (Wildman–Crippen MR) is 73.6 cm³/mol. The van der Waals surface area contributed by atoms with Gasteiger partial charge in [0.25, 0.3) is 0 Å². The van der Waals surface area contributed by atoms with Crippen LogP contribution in [-0.4, -0.2) is 50.2 Å². The predicted octanol–water partition coefficient (Wildman–Crippen LogP) is 1.65. The fourth-order valence-electron chi connectivity index (χ4n) is 2.64. The molecule has 4 heteroatoms. The zero-order valence-electron chi connectivity index (χ0n) is 12.1. The van der Waals surface area contributed by atoms with Gasteiger partial charge in [0.05, 0.1) is 6.61 Å². The van der Waals surface area contributed by atoms with Crippen molar-refractivity contribution in [1.82, 2.24) is 10.2 Å². The van der Waals surface area contributed by atoms with Gasteiger partial charge in [-0.15, -0.1) is 0 Å². The minimum atomic E-state index is -0.0723. The van der Waals surface area contributed by atoms with Crippen molar-refractivity contribution in [2.24, 2.45) is 5.92 Å². The van der Waals surface area contributed by atoms with Gasteiger partial charge in [-0.25, -0.2) is 0 Å². The number of likely N-dealkylation sites (N-methyl/N-ethyl adjacent to an activating group) is 1. The van der Waals surface area contributed by atoms with Gasteiger partial charge in [0.1, 0.15) is 6.04 Å². The first-order chi connectivity index (χ1) is 8.69. The minimum Gasteiger partial charge on any atom is -0.465 e. The number of hydrogen-bond acceptors (Lipinski definition) is 4. The first kappa shape index (κ1) is 15.4. The fraction of sp³-hybridized carbons (Fsp3) is 0.929. The smallest absolute Gasteiger partial charge is 0.323 e. The normalized spacial score (nSPS) is 21.9. The van der Waals surface area contributed by atoms with Crippen LogP contribution in [0.5, 0.6) is 0 Å². The Morgan fingerprint density at radius 1 is 1.50 bits per heavy atom. The molecular weight excluding hydrogens is 228 g/mol. The molecule has 18 heavy (non-hydrogen) atoms. The highest BCUT2D eigenvalue weighted by atomic mass is 16.5. The number of hydrogen-bond donors (Lipinski definition) is 1. The molecule has 0 bridgehead atoms. The van der Waals surface area contributed by atoms with Crippen LogP contribution in [0.1, 0.15) is 39.5 Å². The van der Waals surface area contributed by atoms with Gasteiger partial charge >= 0.3 is 5.97 Å². The molecule has 1 aliphatic heterocycles. The van der Waals surface area contributed by atoms with Crippen molar-refractivity contribution < 1.29 is 9.53 Å². The molecule has 0 spiro atoms. The summed E-state index contributed by atoms with van der Waals surface area (Å²) < 4.78 is 5.17. The maximum Gasteiger partial charge on any atom is 0.323 e. The number of rotatable bonds is 7. The van der Waals surface area contributed by atoms with Gasteiger partial charge in [0.15, 0.2) is 0 Å². The molecule has 106 valence electrons. The van der Waals surface area contributed by atoms with Crippen LogP contribution in [-0.2, 0) is 9.53 Å². The van der Waals surface area contributed by atoms with E-state index in [1.165, 1.54) is 12.8 Å². The van der Waals surface area contributed by atoms with Crippen LogP contribution in [0, 0.1) is 5.92 Å². The summed E-state index contributed by atoms with van der Waals surface area (Å²) >= 11 is 0. The second-order valence-corrected chi connectivity index (χ2v) is 5.21. The van der Waals surface area contributed by atoms with Gasteiger partial charge in [0, 0.05) is 6.54 Å². The van der Waals surface area contributed by atoms with E-state index in [9.17, 15) is 4.79 Å². The standard InChI is InChI=1S/C14H28N2O2/c1-4-7-13(14(17)18-5-2)16(3)11-12-8-6-9-15-10-12/h12-13,15H,4-11H2,1-3H3. The third-order valence-electron chi connectivity index (χ3n) is 3.60. The molecule has 1 rings (SSSR count). The summed E-state index contributed by atoms with van der Waals surface area (Å²) in [5.41, 5.74) is 0. The molecular formula is C14H28N2O2. The third-order valence-corrected chi connectivity index (χ3v) is 3.60. The number of piperidine rings is 1. The molecule has 0 aromatic rings. The molecule has 1 aliphatic rings. The molecule has 2 unspecified atom stereocenters. The summed E-state index contributed by atoms with van der Waals surface area (Å²) in [6.07, 6.45) is 4.40. The number of carbonyl (C=O) groups is 1. The number of nitrogens with zero attached hydrogens (tertiary/aromatic N) is 1. The van der Waals surface area contributed by atoms with E-state index in [2.05, 4.69) is 17.1 Å². The van der Waals surface area contributed by atoms with E-state index >= 15 is 0 Å². The average molecular weight is 256 g/mol. The molecule has 4 nitrogen and oxygen atoms in total. The number of nitrogens with one attached hydrogen (secondary N) is 1. The van der Waals surface area contributed by atoms with E-state index in [0.29, 0.717) is 12.5 Å². The quantitative estimate of drug-likeness (QED) is 0.703.